The fraction of sp³-hybridized carbons (Fsp3) is 0.517. The molecule has 194 valence electrons. The average molecular weight is 499 g/mol. The lowest BCUT2D eigenvalue weighted by atomic mass is 9.86. The topological polar surface area (TPSA) is 78.4 Å². The summed E-state index contributed by atoms with van der Waals surface area (Å²) in [4.78, 5) is 24.8. The highest BCUT2D eigenvalue weighted by Gasteiger charge is 2.30. The fourth-order valence-electron chi connectivity index (χ4n) is 5.54. The normalized spacial score (nSPS) is 21.2. The van der Waals surface area contributed by atoms with Gasteiger partial charge in [0, 0.05) is 37.4 Å². The number of Topliss-reactive ketones (excluding diaryl/α,β-unsaturated/α-hetero) is 1. The Balaban J connectivity index is 1.45. The van der Waals surface area contributed by atoms with Gasteiger partial charge >= 0.3 is 0 Å². The zero-order chi connectivity index (χ0) is 25.7. The summed E-state index contributed by atoms with van der Waals surface area (Å²) in [6.45, 7) is 2.34. The molecule has 0 saturated heterocycles. The molecule has 4 atom stereocenters. The molecule has 2 aromatic carbocycles. The van der Waals surface area contributed by atoms with Crippen LogP contribution in [0.4, 0.5) is 8.78 Å². The van der Waals surface area contributed by atoms with Crippen molar-refractivity contribution >= 4 is 11.7 Å². The first kappa shape index (κ1) is 26.4. The molecule has 2 aromatic rings. The molecule has 4 rings (SSSR count). The second kappa shape index (κ2) is 12.1. The van der Waals surface area contributed by atoms with Crippen molar-refractivity contribution in [1.29, 1.82) is 0 Å². The van der Waals surface area contributed by atoms with E-state index in [0.717, 1.165) is 38.2 Å². The van der Waals surface area contributed by atoms with Gasteiger partial charge in [-0.05, 0) is 79.3 Å². The number of amides is 1. The first-order valence-corrected chi connectivity index (χ1v) is 13.1. The van der Waals surface area contributed by atoms with Crippen molar-refractivity contribution in [3.8, 4) is 0 Å². The molecule has 1 fully saturated rings. The number of carbonyl (C=O) groups excluding carboxylic acids is 2. The quantitative estimate of drug-likeness (QED) is 0.455. The summed E-state index contributed by atoms with van der Waals surface area (Å²) in [5.41, 5.74) is 4.18. The number of hydrogen-bond donors (Lipinski definition) is 3. The Labute approximate surface area is 211 Å². The van der Waals surface area contributed by atoms with Crippen molar-refractivity contribution in [3.05, 3.63) is 70.3 Å². The predicted molar refractivity (Wildman–Crippen MR) is 134 cm³/mol. The number of benzene rings is 2. The first-order valence-electron chi connectivity index (χ1n) is 13.1. The molecule has 1 saturated carbocycles. The van der Waals surface area contributed by atoms with E-state index in [1.165, 1.54) is 28.8 Å². The van der Waals surface area contributed by atoms with E-state index in [2.05, 4.69) is 35.8 Å². The maximum Gasteiger partial charge on any atom is 0.221 e. The molecular formula is C29H36F2N2O3. The van der Waals surface area contributed by atoms with Crippen LogP contribution in [0.3, 0.4) is 0 Å². The zero-order valence-electron chi connectivity index (χ0n) is 20.9. The van der Waals surface area contributed by atoms with Crippen LogP contribution >= 0.6 is 0 Å². The summed E-state index contributed by atoms with van der Waals surface area (Å²) in [6, 6.07) is 9.14. The number of fused-ring (bicyclic) bond motifs is 1. The molecule has 36 heavy (non-hydrogen) atoms. The zero-order valence-corrected chi connectivity index (χ0v) is 20.9. The van der Waals surface area contributed by atoms with Crippen LogP contribution in [0.25, 0.3) is 0 Å². The molecule has 3 N–H and O–H groups in total. The summed E-state index contributed by atoms with van der Waals surface area (Å²) >= 11 is 0. The minimum atomic E-state index is -0.987. The van der Waals surface area contributed by atoms with E-state index in [0.29, 0.717) is 18.4 Å². The highest BCUT2D eigenvalue weighted by Crippen LogP contribution is 2.31. The maximum atomic E-state index is 13.8. The smallest absolute Gasteiger partial charge is 0.221 e. The Morgan fingerprint density at radius 2 is 1.81 bits per heavy atom. The molecule has 0 aliphatic heterocycles. The van der Waals surface area contributed by atoms with Gasteiger partial charge in [-0.3, -0.25) is 9.59 Å². The van der Waals surface area contributed by atoms with Gasteiger partial charge < -0.3 is 15.7 Å². The van der Waals surface area contributed by atoms with E-state index in [-0.39, 0.29) is 43.0 Å². The van der Waals surface area contributed by atoms with Gasteiger partial charge in [-0.25, -0.2) is 8.78 Å². The molecule has 7 heteroatoms. The van der Waals surface area contributed by atoms with E-state index in [1.807, 2.05) is 0 Å². The van der Waals surface area contributed by atoms with Crippen LogP contribution in [-0.2, 0) is 28.9 Å². The Bertz CT molecular complexity index is 1070. The number of nitrogens with one attached hydrogen (secondary N) is 2. The molecule has 0 bridgehead atoms. The molecule has 0 radical (unpaired) electrons. The van der Waals surface area contributed by atoms with Crippen molar-refractivity contribution in [3.63, 3.8) is 0 Å². The van der Waals surface area contributed by atoms with Gasteiger partial charge in [0.05, 0.1) is 12.1 Å². The highest BCUT2D eigenvalue weighted by molar-refractivity contribution is 5.88. The molecule has 1 unspecified atom stereocenters. The minimum absolute atomic E-state index is 0.0722. The molecular weight excluding hydrogens is 462 g/mol. The van der Waals surface area contributed by atoms with Crippen LogP contribution in [0.5, 0.6) is 0 Å². The number of aliphatic hydroxyl groups excluding tert-OH is 1. The lowest BCUT2D eigenvalue weighted by Gasteiger charge is -2.30. The van der Waals surface area contributed by atoms with Crippen molar-refractivity contribution in [2.75, 3.05) is 6.54 Å². The summed E-state index contributed by atoms with van der Waals surface area (Å²) in [7, 11) is 0. The summed E-state index contributed by atoms with van der Waals surface area (Å²) < 4.78 is 27.6. The third kappa shape index (κ3) is 6.77. The largest absolute Gasteiger partial charge is 0.390 e. The first-order chi connectivity index (χ1) is 17.3. The second-order valence-electron chi connectivity index (χ2n) is 10.2. The molecule has 5 nitrogen and oxygen atoms in total. The van der Waals surface area contributed by atoms with Crippen molar-refractivity contribution in [1.82, 2.24) is 10.6 Å². The standard InChI is InChI=1S/C29H36F2N2O3/c1-2-18-9-10-20-5-3-7-25(24(20)13-18)32-17-28(35)26(14-19-11-22(30)16-23(31)12-19)33-29(36)15-21-6-4-8-27(21)34/h9-13,16,21,25-26,28,32,35H,2-8,14-15,17H2,1H3,(H,33,36)/t21?,25-,26-,28-/m0/s1. The van der Waals surface area contributed by atoms with Crippen LogP contribution in [-0.4, -0.2) is 35.5 Å². The minimum Gasteiger partial charge on any atom is -0.390 e. The van der Waals surface area contributed by atoms with Crippen molar-refractivity contribution in [2.45, 2.75) is 82.9 Å². The predicted octanol–water partition coefficient (Wildman–Crippen LogP) is 4.34. The Morgan fingerprint density at radius 1 is 1.06 bits per heavy atom. The van der Waals surface area contributed by atoms with E-state index in [9.17, 15) is 23.5 Å². The highest BCUT2D eigenvalue weighted by atomic mass is 19.1. The van der Waals surface area contributed by atoms with Crippen LogP contribution < -0.4 is 10.6 Å². The molecule has 2 aliphatic carbocycles. The lowest BCUT2D eigenvalue weighted by molar-refractivity contribution is -0.128. The lowest BCUT2D eigenvalue weighted by Crippen LogP contribution is -2.49. The number of hydrogen-bond acceptors (Lipinski definition) is 4. The Morgan fingerprint density at radius 3 is 2.50 bits per heavy atom. The third-order valence-electron chi connectivity index (χ3n) is 7.56. The molecule has 0 heterocycles. The van der Waals surface area contributed by atoms with E-state index >= 15 is 0 Å². The van der Waals surface area contributed by atoms with Gasteiger partial charge in [-0.2, -0.15) is 0 Å². The maximum absolute atomic E-state index is 13.8. The molecule has 0 spiro atoms. The third-order valence-corrected chi connectivity index (χ3v) is 7.56. The molecule has 0 aromatic heterocycles. The summed E-state index contributed by atoms with van der Waals surface area (Å²) in [6.07, 6.45) is 5.11. The summed E-state index contributed by atoms with van der Waals surface area (Å²) in [5.74, 6) is -1.93. The van der Waals surface area contributed by atoms with Gasteiger partial charge in [0.25, 0.3) is 0 Å². The number of rotatable bonds is 10. The van der Waals surface area contributed by atoms with Gasteiger partial charge in [-0.1, -0.05) is 25.1 Å². The summed E-state index contributed by atoms with van der Waals surface area (Å²) in [5, 5.41) is 17.4. The number of halogens is 2. The van der Waals surface area contributed by atoms with Crippen molar-refractivity contribution < 1.29 is 23.5 Å². The molecule has 2 aliphatic rings. The number of ketones is 1. The molecule has 1 amide bonds. The number of aryl methyl sites for hydroxylation is 2. The SMILES string of the molecule is CCc1ccc2c(c1)[C@@H](NC[C@H](O)[C@H](Cc1cc(F)cc(F)c1)NC(=O)CC1CCCC1=O)CCC2. The van der Waals surface area contributed by atoms with Crippen molar-refractivity contribution in [2.24, 2.45) is 5.92 Å². The number of carbonyl (C=O) groups is 2. The number of aliphatic hydroxyl groups is 1. The van der Waals surface area contributed by atoms with E-state index in [4.69, 9.17) is 0 Å². The second-order valence-corrected chi connectivity index (χ2v) is 10.2. The van der Waals surface area contributed by atoms with Gasteiger partial charge in [0.15, 0.2) is 0 Å². The monoisotopic (exact) mass is 498 g/mol. The van der Waals surface area contributed by atoms with Crippen LogP contribution in [0.15, 0.2) is 36.4 Å². The average Bonchev–Trinajstić information content (AvgIpc) is 3.25. The van der Waals surface area contributed by atoms with E-state index < -0.39 is 23.8 Å². The Kier molecular flexibility index (Phi) is 8.86. The van der Waals surface area contributed by atoms with Crippen LogP contribution in [0, 0.1) is 17.6 Å². The Hall–Kier alpha value is -2.64. The van der Waals surface area contributed by atoms with Gasteiger partial charge in [-0.15, -0.1) is 0 Å². The van der Waals surface area contributed by atoms with E-state index in [1.54, 1.807) is 0 Å². The van der Waals surface area contributed by atoms with Crippen LogP contribution in [0.1, 0.15) is 73.7 Å². The fourth-order valence-corrected chi connectivity index (χ4v) is 5.54. The van der Waals surface area contributed by atoms with Crippen LogP contribution in [0.2, 0.25) is 0 Å². The van der Waals surface area contributed by atoms with Gasteiger partial charge in [0.2, 0.25) is 5.91 Å². The van der Waals surface area contributed by atoms with Gasteiger partial charge in [0.1, 0.15) is 17.4 Å².